The van der Waals surface area contributed by atoms with Gasteiger partial charge in [0, 0.05) is 69.4 Å². The van der Waals surface area contributed by atoms with Gasteiger partial charge in [0.15, 0.2) is 0 Å². The molecule has 4 rings (SSSR count). The van der Waals surface area contributed by atoms with Crippen LogP contribution in [-0.2, 0) is 13.1 Å². The van der Waals surface area contributed by atoms with E-state index in [9.17, 15) is 9.50 Å². The summed E-state index contributed by atoms with van der Waals surface area (Å²) >= 11 is 0. The number of aliphatic hydroxyl groups excluding tert-OH is 1. The summed E-state index contributed by atoms with van der Waals surface area (Å²) in [4.78, 5) is 4.68. The number of ether oxygens (including phenoxy) is 1. The molecule has 7 heteroatoms. The average Bonchev–Trinajstić information content (AvgIpc) is 3.32. The number of aliphatic hydroxyl groups is 1. The van der Waals surface area contributed by atoms with E-state index in [-0.39, 0.29) is 18.5 Å². The van der Waals surface area contributed by atoms with Crippen LogP contribution in [0, 0.1) is 5.82 Å². The van der Waals surface area contributed by atoms with Crippen LogP contribution in [0.3, 0.4) is 0 Å². The van der Waals surface area contributed by atoms with Crippen LogP contribution in [0.2, 0.25) is 0 Å². The van der Waals surface area contributed by atoms with Gasteiger partial charge in [-0.3, -0.25) is 9.80 Å². The minimum atomic E-state index is -0.248. The number of halogens is 1. The van der Waals surface area contributed by atoms with Crippen molar-refractivity contribution in [2.24, 2.45) is 0 Å². The molecule has 1 aliphatic rings. The molecule has 1 fully saturated rings. The van der Waals surface area contributed by atoms with Crippen LogP contribution in [-0.4, -0.2) is 64.1 Å². The second kappa shape index (κ2) is 10.0. The molecule has 0 saturated carbocycles. The third kappa shape index (κ3) is 5.31. The molecule has 0 spiro atoms. The predicted molar refractivity (Wildman–Crippen MR) is 118 cm³/mol. The van der Waals surface area contributed by atoms with Crippen LogP contribution >= 0.6 is 0 Å². The zero-order valence-electron chi connectivity index (χ0n) is 17.8. The number of piperazine rings is 1. The molecular weight excluding hydrogens is 395 g/mol. The molecule has 0 unspecified atom stereocenters. The Labute approximate surface area is 182 Å². The number of hydrogen-bond acceptors (Lipinski definition) is 5. The average molecular weight is 425 g/mol. The normalized spacial score (nSPS) is 17.7. The van der Waals surface area contributed by atoms with Crippen molar-refractivity contribution in [1.29, 1.82) is 0 Å². The van der Waals surface area contributed by atoms with Gasteiger partial charge in [0.1, 0.15) is 11.6 Å². The van der Waals surface area contributed by atoms with Gasteiger partial charge in [-0.25, -0.2) is 9.07 Å². The van der Waals surface area contributed by atoms with E-state index < -0.39 is 0 Å². The number of aromatic nitrogens is 2. The summed E-state index contributed by atoms with van der Waals surface area (Å²) in [6, 6.07) is 15.5. The van der Waals surface area contributed by atoms with Crippen molar-refractivity contribution < 1.29 is 14.2 Å². The van der Waals surface area contributed by atoms with Crippen molar-refractivity contribution in [2.75, 3.05) is 33.4 Å². The van der Waals surface area contributed by atoms with Crippen molar-refractivity contribution in [3.8, 4) is 11.4 Å². The fraction of sp³-hybridized carbons (Fsp3) is 0.375. The quantitative estimate of drug-likeness (QED) is 0.602. The second-order valence-electron chi connectivity index (χ2n) is 7.95. The van der Waals surface area contributed by atoms with E-state index >= 15 is 0 Å². The van der Waals surface area contributed by atoms with Crippen molar-refractivity contribution in [2.45, 2.75) is 25.6 Å². The van der Waals surface area contributed by atoms with E-state index in [1.165, 1.54) is 18.7 Å². The highest BCUT2D eigenvalue weighted by atomic mass is 19.1. The maximum atomic E-state index is 14.4. The molecule has 164 valence electrons. The summed E-state index contributed by atoms with van der Waals surface area (Å²) in [6.07, 6.45) is 4.37. The van der Waals surface area contributed by atoms with E-state index in [4.69, 9.17) is 4.74 Å². The summed E-state index contributed by atoms with van der Waals surface area (Å²) in [5.41, 5.74) is 2.94. The van der Waals surface area contributed by atoms with Crippen LogP contribution in [0.15, 0.2) is 60.9 Å². The number of hydrogen-bond donors (Lipinski definition) is 1. The van der Waals surface area contributed by atoms with Gasteiger partial charge in [-0.1, -0.05) is 18.2 Å². The molecule has 2 heterocycles. The van der Waals surface area contributed by atoms with E-state index in [0.29, 0.717) is 24.3 Å². The van der Waals surface area contributed by atoms with Crippen LogP contribution in [0.5, 0.6) is 5.75 Å². The smallest absolute Gasteiger partial charge is 0.131 e. The van der Waals surface area contributed by atoms with Gasteiger partial charge in [0.2, 0.25) is 0 Å². The monoisotopic (exact) mass is 424 g/mol. The van der Waals surface area contributed by atoms with Gasteiger partial charge in [0.25, 0.3) is 0 Å². The van der Waals surface area contributed by atoms with Gasteiger partial charge >= 0.3 is 0 Å². The minimum Gasteiger partial charge on any atom is -0.497 e. The van der Waals surface area contributed by atoms with Gasteiger partial charge in [0.05, 0.1) is 12.8 Å². The molecule has 6 nitrogen and oxygen atoms in total. The van der Waals surface area contributed by atoms with Crippen molar-refractivity contribution in [1.82, 2.24) is 19.6 Å². The molecule has 3 aromatic rings. The molecule has 31 heavy (non-hydrogen) atoms. The summed E-state index contributed by atoms with van der Waals surface area (Å²) in [7, 11) is 1.54. The zero-order valence-corrected chi connectivity index (χ0v) is 17.8. The molecule has 2 aromatic carbocycles. The van der Waals surface area contributed by atoms with E-state index in [2.05, 4.69) is 39.2 Å². The first-order valence-electron chi connectivity index (χ1n) is 10.6. The lowest BCUT2D eigenvalue weighted by Gasteiger charge is -2.41. The van der Waals surface area contributed by atoms with Crippen LogP contribution in [0.25, 0.3) is 5.69 Å². The van der Waals surface area contributed by atoms with E-state index in [1.54, 1.807) is 18.3 Å². The Hall–Kier alpha value is -2.74. The summed E-state index contributed by atoms with van der Waals surface area (Å²) in [5, 5.41) is 13.8. The maximum absolute atomic E-state index is 14.4. The van der Waals surface area contributed by atoms with Crippen LogP contribution in [0.1, 0.15) is 17.5 Å². The lowest BCUT2D eigenvalue weighted by atomic mass is 10.1. The van der Waals surface area contributed by atoms with Gasteiger partial charge < -0.3 is 9.84 Å². The molecule has 0 radical (unpaired) electrons. The highest BCUT2D eigenvalue weighted by Crippen LogP contribution is 2.22. The zero-order chi connectivity index (χ0) is 21.6. The lowest BCUT2D eigenvalue weighted by molar-refractivity contribution is 0.0493. The molecule has 0 bridgehead atoms. The Balaban J connectivity index is 1.38. The first-order valence-corrected chi connectivity index (χ1v) is 10.6. The summed E-state index contributed by atoms with van der Waals surface area (Å²) in [5.74, 6) is 0.276. The molecule has 1 atom stereocenters. The van der Waals surface area contributed by atoms with E-state index in [0.717, 1.165) is 31.9 Å². The third-order valence-corrected chi connectivity index (χ3v) is 5.90. The number of methoxy groups -OCH3 is 1. The van der Waals surface area contributed by atoms with Gasteiger partial charge in [-0.2, -0.15) is 5.10 Å². The van der Waals surface area contributed by atoms with Gasteiger partial charge in [-0.05, 0) is 36.2 Å². The van der Waals surface area contributed by atoms with Crippen molar-refractivity contribution in [3.05, 3.63) is 77.9 Å². The fourth-order valence-corrected chi connectivity index (χ4v) is 4.17. The highest BCUT2D eigenvalue weighted by molar-refractivity contribution is 5.34. The summed E-state index contributed by atoms with van der Waals surface area (Å²) < 4.78 is 21.4. The fourth-order valence-electron chi connectivity index (χ4n) is 4.17. The summed E-state index contributed by atoms with van der Waals surface area (Å²) in [6.45, 7) is 4.10. The van der Waals surface area contributed by atoms with Crippen molar-refractivity contribution in [3.63, 3.8) is 0 Å². The third-order valence-electron chi connectivity index (χ3n) is 5.90. The topological polar surface area (TPSA) is 53.8 Å². The second-order valence-corrected chi connectivity index (χ2v) is 7.95. The molecule has 0 amide bonds. The first-order chi connectivity index (χ1) is 15.2. The standard InChI is InChI=1S/C24H29FN4O2/c1-31-23-8-5-20(24(25)15-23)17-28-13-12-27(18-22(28)9-14-30)16-19-3-6-21(7-4-19)29-11-2-10-26-29/h2-8,10-11,15,22,30H,9,12-14,16-18H2,1H3/t22-/m0/s1. The highest BCUT2D eigenvalue weighted by Gasteiger charge is 2.27. The Morgan fingerprint density at radius 2 is 1.97 bits per heavy atom. The Morgan fingerprint density at radius 1 is 1.13 bits per heavy atom. The van der Waals surface area contributed by atoms with Crippen LogP contribution in [0.4, 0.5) is 4.39 Å². The predicted octanol–water partition coefficient (Wildman–Crippen LogP) is 3.09. The van der Waals surface area contributed by atoms with Crippen LogP contribution < -0.4 is 4.74 Å². The molecular formula is C24H29FN4O2. The molecule has 1 aliphatic heterocycles. The maximum Gasteiger partial charge on any atom is 0.131 e. The van der Waals surface area contributed by atoms with E-state index in [1.807, 2.05) is 16.9 Å². The SMILES string of the molecule is COc1ccc(CN2CCN(Cc3ccc(-n4cccn4)cc3)C[C@@H]2CCO)c(F)c1. The Morgan fingerprint density at radius 3 is 2.65 bits per heavy atom. The number of rotatable bonds is 8. The first kappa shape index (κ1) is 21.5. The number of nitrogens with zero attached hydrogens (tertiary/aromatic N) is 4. The lowest BCUT2D eigenvalue weighted by Crippen LogP contribution is -2.52. The van der Waals surface area contributed by atoms with Crippen molar-refractivity contribution >= 4 is 0 Å². The largest absolute Gasteiger partial charge is 0.497 e. The Bertz CT molecular complexity index is 962. The molecule has 1 saturated heterocycles. The minimum absolute atomic E-state index is 0.124. The van der Waals surface area contributed by atoms with Gasteiger partial charge in [-0.15, -0.1) is 0 Å². The number of benzene rings is 2. The Kier molecular flexibility index (Phi) is 6.96. The molecule has 0 aliphatic carbocycles. The molecule has 1 N–H and O–H groups in total. The molecule has 1 aromatic heterocycles.